The van der Waals surface area contributed by atoms with E-state index in [1.54, 1.807) is 0 Å². The van der Waals surface area contributed by atoms with Gasteiger partial charge < -0.3 is 9.47 Å². The summed E-state index contributed by atoms with van der Waals surface area (Å²) in [5.41, 5.74) is 0. The van der Waals surface area contributed by atoms with Crippen LogP contribution in [0, 0.1) is 11.8 Å². The van der Waals surface area contributed by atoms with Crippen LogP contribution in [0.3, 0.4) is 0 Å². The van der Waals surface area contributed by atoms with E-state index < -0.39 is 0 Å². The summed E-state index contributed by atoms with van der Waals surface area (Å²) in [4.78, 5) is 11.5. The predicted molar refractivity (Wildman–Crippen MR) is 58.6 cm³/mol. The quantitative estimate of drug-likeness (QED) is 0.482. The number of ether oxygens (including phenoxy) is 2. The monoisotopic (exact) mass is 214 g/mol. The van der Waals surface area contributed by atoms with E-state index in [9.17, 15) is 4.79 Å². The van der Waals surface area contributed by atoms with Gasteiger partial charge in [0, 0.05) is 5.92 Å². The summed E-state index contributed by atoms with van der Waals surface area (Å²) >= 11 is 0. The van der Waals surface area contributed by atoms with Crippen molar-refractivity contribution >= 4 is 5.97 Å². The van der Waals surface area contributed by atoms with Gasteiger partial charge in [-0.2, -0.15) is 0 Å². The third-order valence-corrected chi connectivity index (χ3v) is 2.81. The molecule has 3 heteroatoms. The summed E-state index contributed by atoms with van der Waals surface area (Å²) in [6.07, 6.45) is 4.47. The van der Waals surface area contributed by atoms with Crippen LogP contribution >= 0.6 is 0 Å². The molecule has 1 heterocycles. The molecule has 1 atom stereocenters. The Hall–Kier alpha value is -0.570. The Kier molecular flexibility index (Phi) is 5.69. The Balaban J connectivity index is 2.03. The largest absolute Gasteiger partial charge is 0.465 e. The minimum Gasteiger partial charge on any atom is -0.465 e. The second-order valence-electron chi connectivity index (χ2n) is 4.43. The van der Waals surface area contributed by atoms with Gasteiger partial charge in [0.15, 0.2) is 0 Å². The van der Waals surface area contributed by atoms with Crippen LogP contribution in [0.25, 0.3) is 0 Å². The zero-order valence-corrected chi connectivity index (χ0v) is 9.83. The van der Waals surface area contributed by atoms with Gasteiger partial charge in [0.05, 0.1) is 25.7 Å². The van der Waals surface area contributed by atoms with Crippen LogP contribution < -0.4 is 0 Å². The van der Waals surface area contributed by atoms with E-state index in [1.165, 1.54) is 12.8 Å². The van der Waals surface area contributed by atoms with Crippen LogP contribution in [-0.4, -0.2) is 25.8 Å². The summed E-state index contributed by atoms with van der Waals surface area (Å²) in [5, 5.41) is 0. The average molecular weight is 214 g/mol. The lowest BCUT2D eigenvalue weighted by atomic mass is 10.0. The highest BCUT2D eigenvalue weighted by molar-refractivity contribution is 5.71. The highest BCUT2D eigenvalue weighted by atomic mass is 16.5. The summed E-state index contributed by atoms with van der Waals surface area (Å²) in [6, 6.07) is 0. The Labute approximate surface area is 92.1 Å². The summed E-state index contributed by atoms with van der Waals surface area (Å²) in [7, 11) is 0. The first-order valence-corrected chi connectivity index (χ1v) is 5.98. The van der Waals surface area contributed by atoms with E-state index in [-0.39, 0.29) is 11.9 Å². The van der Waals surface area contributed by atoms with Gasteiger partial charge in [-0.25, -0.2) is 0 Å². The van der Waals surface area contributed by atoms with E-state index in [4.69, 9.17) is 9.47 Å². The molecule has 0 radical (unpaired) electrons. The number of unbranched alkanes of at least 4 members (excludes halogenated alkanes) is 2. The molecule has 15 heavy (non-hydrogen) atoms. The lowest BCUT2D eigenvalue weighted by molar-refractivity contribution is -0.155. The molecule has 1 aliphatic heterocycles. The van der Waals surface area contributed by atoms with Crippen LogP contribution in [0.4, 0.5) is 0 Å². The molecule has 1 aliphatic rings. The zero-order chi connectivity index (χ0) is 11.1. The van der Waals surface area contributed by atoms with Crippen molar-refractivity contribution in [3.05, 3.63) is 0 Å². The first kappa shape index (κ1) is 12.5. The molecule has 1 rings (SSSR count). The zero-order valence-electron chi connectivity index (χ0n) is 9.83. The average Bonchev–Trinajstić information content (AvgIpc) is 2.15. The summed E-state index contributed by atoms with van der Waals surface area (Å²) in [6.45, 7) is 6.15. The normalized spacial score (nSPS) is 18.3. The Morgan fingerprint density at radius 2 is 2.20 bits per heavy atom. The molecular formula is C12H22O3. The molecule has 1 unspecified atom stereocenters. The second-order valence-corrected chi connectivity index (χ2v) is 4.43. The lowest BCUT2D eigenvalue weighted by Gasteiger charge is -2.25. The molecule has 0 aromatic carbocycles. The number of carbonyl (C=O) groups excluding carboxylic acids is 1. The van der Waals surface area contributed by atoms with Gasteiger partial charge >= 0.3 is 5.97 Å². The van der Waals surface area contributed by atoms with Gasteiger partial charge in [-0.1, -0.05) is 33.1 Å². The van der Waals surface area contributed by atoms with Gasteiger partial charge in [0.2, 0.25) is 0 Å². The van der Waals surface area contributed by atoms with Crippen LogP contribution in [0.15, 0.2) is 0 Å². The highest BCUT2D eigenvalue weighted by Gasteiger charge is 2.21. The number of hydrogen-bond acceptors (Lipinski definition) is 3. The molecular weight excluding hydrogens is 192 g/mol. The van der Waals surface area contributed by atoms with Gasteiger partial charge in [0.1, 0.15) is 0 Å². The third-order valence-electron chi connectivity index (χ3n) is 2.81. The van der Waals surface area contributed by atoms with Crippen molar-refractivity contribution in [3.63, 3.8) is 0 Å². The molecule has 0 aromatic heterocycles. The van der Waals surface area contributed by atoms with Crippen molar-refractivity contribution in [1.82, 2.24) is 0 Å². The predicted octanol–water partition coefficient (Wildman–Crippen LogP) is 2.39. The fourth-order valence-electron chi connectivity index (χ4n) is 1.54. The van der Waals surface area contributed by atoms with Gasteiger partial charge in [-0.15, -0.1) is 0 Å². The number of esters is 1. The standard InChI is InChI=1S/C12H22O3/c1-3-4-5-6-10(2)12(13)15-9-11-7-14-8-11/h10-11H,3-9H2,1-2H3. The number of carbonyl (C=O) groups is 1. The fourth-order valence-corrected chi connectivity index (χ4v) is 1.54. The van der Waals surface area contributed by atoms with Gasteiger partial charge in [-0.05, 0) is 6.42 Å². The van der Waals surface area contributed by atoms with Crippen molar-refractivity contribution in [3.8, 4) is 0 Å². The molecule has 0 aromatic rings. The SMILES string of the molecule is CCCCCC(C)C(=O)OCC1COC1. The Morgan fingerprint density at radius 3 is 2.73 bits per heavy atom. The molecule has 0 spiro atoms. The summed E-state index contributed by atoms with van der Waals surface area (Å²) in [5.74, 6) is 0.451. The van der Waals surface area contributed by atoms with Crippen LogP contribution in [0.5, 0.6) is 0 Å². The van der Waals surface area contributed by atoms with Gasteiger partial charge in [-0.3, -0.25) is 4.79 Å². The Morgan fingerprint density at radius 1 is 1.47 bits per heavy atom. The van der Waals surface area contributed by atoms with E-state index in [0.717, 1.165) is 26.1 Å². The van der Waals surface area contributed by atoms with Crippen molar-refractivity contribution < 1.29 is 14.3 Å². The highest BCUT2D eigenvalue weighted by Crippen LogP contribution is 2.14. The first-order chi connectivity index (χ1) is 7.24. The fraction of sp³-hybridized carbons (Fsp3) is 0.917. The molecule has 1 fully saturated rings. The number of hydrogen-bond donors (Lipinski definition) is 0. The maximum Gasteiger partial charge on any atom is 0.308 e. The molecule has 3 nitrogen and oxygen atoms in total. The Bertz CT molecular complexity index is 187. The van der Waals surface area contributed by atoms with Gasteiger partial charge in [0.25, 0.3) is 0 Å². The maximum atomic E-state index is 11.5. The van der Waals surface area contributed by atoms with Crippen LogP contribution in [0.2, 0.25) is 0 Å². The topological polar surface area (TPSA) is 35.5 Å². The van der Waals surface area contributed by atoms with Crippen LogP contribution in [-0.2, 0) is 14.3 Å². The van der Waals surface area contributed by atoms with Crippen molar-refractivity contribution in [2.75, 3.05) is 19.8 Å². The third kappa shape index (κ3) is 4.65. The molecule has 0 aliphatic carbocycles. The molecule has 0 saturated carbocycles. The molecule has 0 N–H and O–H groups in total. The first-order valence-electron chi connectivity index (χ1n) is 5.98. The van der Waals surface area contributed by atoms with Crippen molar-refractivity contribution in [2.45, 2.75) is 39.5 Å². The van der Waals surface area contributed by atoms with Crippen molar-refractivity contribution in [1.29, 1.82) is 0 Å². The number of rotatable bonds is 7. The van der Waals surface area contributed by atoms with E-state index >= 15 is 0 Å². The van der Waals surface area contributed by atoms with E-state index in [1.807, 2.05) is 6.92 Å². The molecule has 0 amide bonds. The summed E-state index contributed by atoms with van der Waals surface area (Å²) < 4.78 is 10.2. The lowest BCUT2D eigenvalue weighted by Crippen LogP contribution is -2.33. The molecule has 0 bridgehead atoms. The van der Waals surface area contributed by atoms with Crippen molar-refractivity contribution in [2.24, 2.45) is 11.8 Å². The van der Waals surface area contributed by atoms with E-state index in [2.05, 4.69) is 6.92 Å². The molecule has 88 valence electrons. The maximum absolute atomic E-state index is 11.5. The smallest absolute Gasteiger partial charge is 0.308 e. The van der Waals surface area contributed by atoms with E-state index in [0.29, 0.717) is 12.5 Å². The van der Waals surface area contributed by atoms with Crippen LogP contribution in [0.1, 0.15) is 39.5 Å². The minimum absolute atomic E-state index is 0.0435. The molecule has 1 saturated heterocycles. The second kappa shape index (κ2) is 6.83. The minimum atomic E-state index is -0.0435.